The first-order valence-corrected chi connectivity index (χ1v) is 15.5. The third-order valence-electron chi connectivity index (χ3n) is 10.5. The molecule has 6 rings (SSSR count). The van der Waals surface area contributed by atoms with Crippen LogP contribution in [0.15, 0.2) is 48.0 Å². The molecular weight excluding hydrogens is 562 g/mol. The second kappa shape index (κ2) is 11.3. The lowest BCUT2D eigenvalue weighted by molar-refractivity contribution is -0.184. The van der Waals surface area contributed by atoms with E-state index in [0.717, 1.165) is 32.1 Å². The molecule has 0 aliphatic heterocycles. The van der Waals surface area contributed by atoms with Crippen molar-refractivity contribution >= 4 is 28.9 Å². The number of carbonyl (C=O) groups is 3. The van der Waals surface area contributed by atoms with Crippen LogP contribution in [-0.2, 0) is 27.2 Å². The molecule has 2 aromatic carbocycles. The maximum Gasteiger partial charge on any atom is 0.230 e. The van der Waals surface area contributed by atoms with E-state index in [2.05, 4.69) is 29.6 Å². The fourth-order valence-electron chi connectivity index (χ4n) is 8.37. The molecule has 0 spiro atoms. The Balaban J connectivity index is 1.26. The van der Waals surface area contributed by atoms with Crippen LogP contribution in [0, 0.1) is 23.7 Å². The summed E-state index contributed by atoms with van der Waals surface area (Å²) in [4.78, 5) is 41.3. The Morgan fingerprint density at radius 2 is 1.73 bits per heavy atom. The molecule has 0 aromatic heterocycles. The molecule has 10 nitrogen and oxygen atoms in total. The molecule has 2 unspecified atom stereocenters. The lowest BCUT2D eigenvalue weighted by atomic mass is 9.54. The maximum absolute atomic E-state index is 14.0. The minimum Gasteiger partial charge on any atom is -0.507 e. The van der Waals surface area contributed by atoms with Crippen molar-refractivity contribution < 1.29 is 34.8 Å². The number of primary amides is 1. The zero-order chi connectivity index (χ0) is 31.5. The molecule has 4 aliphatic carbocycles. The SMILES string of the molecule is CN(C)[C@H]1C(O)C(C(N)=O)C(=O)[C@]2(O)C(=O)C3=C(O)c4c(ccc(NC5CCC(Cc6ccccc6)CC5)c4O)C[C@@H]3C[C@H]12. The van der Waals surface area contributed by atoms with E-state index in [9.17, 15) is 34.8 Å². The number of nitrogens with zero attached hydrogens (tertiary/aromatic N) is 1. The molecule has 4 aliphatic rings. The van der Waals surface area contributed by atoms with E-state index in [4.69, 9.17) is 5.73 Å². The van der Waals surface area contributed by atoms with Gasteiger partial charge < -0.3 is 36.4 Å². The van der Waals surface area contributed by atoms with Gasteiger partial charge in [-0.25, -0.2) is 0 Å². The van der Waals surface area contributed by atoms with Gasteiger partial charge in [0.1, 0.15) is 17.4 Å². The van der Waals surface area contributed by atoms with Crippen LogP contribution in [0.5, 0.6) is 5.75 Å². The fourth-order valence-corrected chi connectivity index (χ4v) is 8.37. The lowest BCUT2D eigenvalue weighted by Gasteiger charge is -2.53. The Bertz CT molecular complexity index is 1510. The van der Waals surface area contributed by atoms with Crippen molar-refractivity contribution in [2.24, 2.45) is 29.4 Å². The van der Waals surface area contributed by atoms with Crippen LogP contribution in [0.1, 0.15) is 48.8 Å². The van der Waals surface area contributed by atoms with Gasteiger partial charge in [-0.15, -0.1) is 0 Å². The maximum atomic E-state index is 14.0. The standard InChI is InChI=1S/C34H41N3O7/c1-37(2)27-22-16-20-15-19-10-13-23(36-21-11-8-18(9-12-21)14-17-6-4-3-5-7-17)28(38)24(19)29(39)25(20)31(41)34(22,44)32(42)26(30(27)40)33(35)43/h3-7,10,13,18,20-22,26-27,30,36,38-40,44H,8-9,11-12,14-16H2,1-2H3,(H2,35,43)/t18?,20-,21?,22-,26?,27-,30?,34-/m1/s1. The number of aromatic hydroxyl groups is 1. The number of rotatable bonds is 6. The van der Waals surface area contributed by atoms with Crippen LogP contribution in [0.4, 0.5) is 5.69 Å². The minimum absolute atomic E-state index is 0.102. The molecule has 44 heavy (non-hydrogen) atoms. The Kier molecular flexibility index (Phi) is 7.80. The summed E-state index contributed by atoms with van der Waals surface area (Å²) in [5.74, 6) is -6.74. The first-order valence-electron chi connectivity index (χ1n) is 15.5. The number of hydrogen-bond acceptors (Lipinski definition) is 9. The van der Waals surface area contributed by atoms with E-state index >= 15 is 0 Å². The molecule has 2 aromatic rings. The van der Waals surface area contributed by atoms with Crippen molar-refractivity contribution in [2.45, 2.75) is 68.7 Å². The number of phenols is 1. The molecule has 0 bridgehead atoms. The monoisotopic (exact) mass is 603 g/mol. The van der Waals surface area contributed by atoms with E-state index in [1.165, 1.54) is 5.56 Å². The van der Waals surface area contributed by atoms with Gasteiger partial charge in [0.2, 0.25) is 11.7 Å². The zero-order valence-electron chi connectivity index (χ0n) is 25.1. The highest BCUT2D eigenvalue weighted by atomic mass is 16.3. The molecule has 0 radical (unpaired) electrons. The summed E-state index contributed by atoms with van der Waals surface area (Å²) < 4.78 is 0. The van der Waals surface area contributed by atoms with Gasteiger partial charge in [0.05, 0.1) is 17.4 Å². The fraction of sp³-hybridized carbons (Fsp3) is 0.500. The summed E-state index contributed by atoms with van der Waals surface area (Å²) in [6, 6.07) is 13.3. The van der Waals surface area contributed by atoms with Gasteiger partial charge in [-0.2, -0.15) is 0 Å². The Morgan fingerprint density at radius 1 is 1.05 bits per heavy atom. The number of Topliss-reactive ketones (excluding diaryl/α,β-unsaturated/α-hetero) is 2. The number of nitrogens with two attached hydrogens (primary N) is 1. The summed E-state index contributed by atoms with van der Waals surface area (Å²) in [6.45, 7) is 0. The third-order valence-corrected chi connectivity index (χ3v) is 10.5. The van der Waals surface area contributed by atoms with Gasteiger partial charge in [0.15, 0.2) is 11.4 Å². The van der Waals surface area contributed by atoms with Crippen LogP contribution in [0.3, 0.4) is 0 Å². The highest BCUT2D eigenvalue weighted by Gasteiger charge is 2.67. The van der Waals surface area contributed by atoms with Crippen LogP contribution in [-0.4, -0.2) is 80.7 Å². The number of ketones is 2. The topological polar surface area (TPSA) is 173 Å². The molecule has 6 atom stereocenters. The highest BCUT2D eigenvalue weighted by Crippen LogP contribution is 2.53. The second-order valence-corrected chi connectivity index (χ2v) is 13.3. The van der Waals surface area contributed by atoms with Gasteiger partial charge in [-0.1, -0.05) is 36.4 Å². The van der Waals surface area contributed by atoms with E-state index in [-0.39, 0.29) is 35.8 Å². The summed E-state index contributed by atoms with van der Waals surface area (Å²) in [5.41, 5.74) is 5.17. The summed E-state index contributed by atoms with van der Waals surface area (Å²) in [6.07, 6.45) is 3.88. The second-order valence-electron chi connectivity index (χ2n) is 13.3. The number of benzene rings is 2. The van der Waals surface area contributed by atoms with Crippen molar-refractivity contribution in [1.29, 1.82) is 0 Å². The normalized spacial score (nSPS) is 33.4. The van der Waals surface area contributed by atoms with Crippen LogP contribution >= 0.6 is 0 Å². The van der Waals surface area contributed by atoms with Crippen molar-refractivity contribution in [3.8, 4) is 5.75 Å². The van der Waals surface area contributed by atoms with Crippen LogP contribution in [0.2, 0.25) is 0 Å². The number of anilines is 1. The summed E-state index contributed by atoms with van der Waals surface area (Å²) in [5, 5.41) is 49.1. The third kappa shape index (κ3) is 4.80. The molecule has 1 amide bonds. The first kappa shape index (κ1) is 30.3. The number of aliphatic hydroxyl groups is 3. The van der Waals surface area contributed by atoms with E-state index < -0.39 is 58.7 Å². The first-order chi connectivity index (χ1) is 20.9. The van der Waals surface area contributed by atoms with Crippen molar-refractivity contribution in [3.63, 3.8) is 0 Å². The van der Waals surface area contributed by atoms with E-state index in [1.54, 1.807) is 25.1 Å². The number of nitrogens with one attached hydrogen (secondary N) is 1. The molecule has 10 heteroatoms. The van der Waals surface area contributed by atoms with Gasteiger partial charge in [0.25, 0.3) is 0 Å². The van der Waals surface area contributed by atoms with Gasteiger partial charge in [-0.05, 0) is 88.1 Å². The molecule has 234 valence electrons. The van der Waals surface area contributed by atoms with Gasteiger partial charge in [-0.3, -0.25) is 14.4 Å². The van der Waals surface area contributed by atoms with E-state index in [1.807, 2.05) is 12.1 Å². The summed E-state index contributed by atoms with van der Waals surface area (Å²) in [7, 11) is 3.27. The molecule has 0 heterocycles. The predicted octanol–water partition coefficient (Wildman–Crippen LogP) is 2.34. The smallest absolute Gasteiger partial charge is 0.230 e. The quantitative estimate of drug-likeness (QED) is 0.214. The number of aliphatic hydroxyl groups excluding tert-OH is 2. The van der Waals surface area contributed by atoms with Gasteiger partial charge >= 0.3 is 0 Å². The number of phenolic OH excluding ortho intramolecular Hbond substituents is 1. The average Bonchev–Trinajstić information content (AvgIpc) is 2.97. The molecule has 0 saturated heterocycles. The van der Waals surface area contributed by atoms with Crippen LogP contribution < -0.4 is 11.1 Å². The molecule has 3 fully saturated rings. The number of likely N-dealkylation sites (N-methyl/N-ethyl adjacent to an activating group) is 1. The van der Waals surface area contributed by atoms with Crippen molar-refractivity contribution in [1.82, 2.24) is 4.90 Å². The minimum atomic E-state index is -2.66. The zero-order valence-corrected chi connectivity index (χ0v) is 25.1. The number of fused-ring (bicyclic) bond motifs is 3. The number of hydrogen-bond donors (Lipinski definition) is 6. The Labute approximate surface area is 256 Å². The molecular formula is C34H41N3O7. The van der Waals surface area contributed by atoms with Crippen molar-refractivity contribution in [2.75, 3.05) is 19.4 Å². The van der Waals surface area contributed by atoms with Gasteiger partial charge in [0, 0.05) is 23.6 Å². The summed E-state index contributed by atoms with van der Waals surface area (Å²) >= 11 is 0. The molecule has 7 N–H and O–H groups in total. The lowest BCUT2D eigenvalue weighted by Crippen LogP contribution is -2.73. The largest absolute Gasteiger partial charge is 0.507 e. The van der Waals surface area contributed by atoms with Crippen molar-refractivity contribution in [3.05, 3.63) is 64.7 Å². The van der Waals surface area contributed by atoms with E-state index in [0.29, 0.717) is 17.2 Å². The Morgan fingerprint density at radius 3 is 2.36 bits per heavy atom. The Hall–Kier alpha value is -3.73. The molecule has 3 saturated carbocycles. The highest BCUT2D eigenvalue weighted by molar-refractivity contribution is 6.25. The number of amides is 1. The average molecular weight is 604 g/mol. The predicted molar refractivity (Wildman–Crippen MR) is 164 cm³/mol. The number of carbonyl (C=O) groups excluding carboxylic acids is 3. The van der Waals surface area contributed by atoms with Crippen LogP contribution in [0.25, 0.3) is 5.76 Å².